The van der Waals surface area contributed by atoms with Crippen LogP contribution in [-0.4, -0.2) is 20.6 Å². The largest absolute Gasteiger partial charge is 0.478 e. The molecule has 94 valence electrons. The maximum atomic E-state index is 11.1. The molecule has 1 aromatic carbocycles. The number of hydrogen-bond acceptors (Lipinski definition) is 4. The molecule has 18 heavy (non-hydrogen) atoms. The van der Waals surface area contributed by atoms with Gasteiger partial charge in [0.15, 0.2) is 5.16 Å². The van der Waals surface area contributed by atoms with E-state index in [1.165, 1.54) is 11.8 Å². The number of aromatic carboxylic acids is 1. The highest BCUT2D eigenvalue weighted by molar-refractivity contribution is 7.99. The minimum absolute atomic E-state index is 0.131. The molecule has 0 aliphatic rings. The number of carbonyl (C=O) groups is 1. The van der Waals surface area contributed by atoms with Crippen LogP contribution in [0.15, 0.2) is 34.6 Å². The van der Waals surface area contributed by atoms with E-state index in [-0.39, 0.29) is 5.56 Å². The minimum Gasteiger partial charge on any atom is -0.478 e. The van der Waals surface area contributed by atoms with Crippen molar-refractivity contribution >= 4 is 23.4 Å². The molecule has 0 radical (unpaired) electrons. The summed E-state index contributed by atoms with van der Waals surface area (Å²) in [4.78, 5) is 16.1. The van der Waals surface area contributed by atoms with Gasteiger partial charge < -0.3 is 15.4 Å². The number of nitrogens with zero attached hydrogens (tertiary/aromatic N) is 2. The third-order valence-corrected chi connectivity index (χ3v) is 3.62. The van der Waals surface area contributed by atoms with E-state index in [2.05, 4.69) is 4.98 Å². The molecule has 2 rings (SSSR count). The van der Waals surface area contributed by atoms with E-state index < -0.39 is 5.97 Å². The number of nitrogens with two attached hydrogens (primary N) is 1. The molecule has 0 saturated carbocycles. The van der Waals surface area contributed by atoms with Crippen molar-refractivity contribution in [3.63, 3.8) is 0 Å². The first-order chi connectivity index (χ1) is 8.49. The molecule has 2 aromatic rings. The van der Waals surface area contributed by atoms with E-state index in [1.807, 2.05) is 23.9 Å². The molecular formula is C12H13N3O2S. The number of carboxylic acid groups (broad SMARTS) is 1. The smallest absolute Gasteiger partial charge is 0.337 e. The molecule has 1 aromatic heterocycles. The Morgan fingerprint density at radius 2 is 2.22 bits per heavy atom. The first-order valence-electron chi connectivity index (χ1n) is 5.27. The topological polar surface area (TPSA) is 81.1 Å². The van der Waals surface area contributed by atoms with Gasteiger partial charge in [-0.05, 0) is 24.6 Å². The molecule has 0 unspecified atom stereocenters. The Morgan fingerprint density at radius 1 is 1.50 bits per heavy atom. The number of aromatic nitrogens is 2. The van der Waals surface area contributed by atoms with Gasteiger partial charge in [-0.25, -0.2) is 9.78 Å². The summed E-state index contributed by atoms with van der Waals surface area (Å²) in [6.45, 7) is 1.80. The highest BCUT2D eigenvalue weighted by Crippen LogP contribution is 2.30. The van der Waals surface area contributed by atoms with E-state index in [4.69, 9.17) is 10.8 Å². The normalized spacial score (nSPS) is 10.6. The lowest BCUT2D eigenvalue weighted by Gasteiger charge is -2.08. The van der Waals surface area contributed by atoms with Gasteiger partial charge in [-0.1, -0.05) is 11.8 Å². The van der Waals surface area contributed by atoms with Crippen LogP contribution in [-0.2, 0) is 7.05 Å². The Hall–Kier alpha value is -1.95. The zero-order chi connectivity index (χ0) is 13.3. The van der Waals surface area contributed by atoms with E-state index in [0.717, 1.165) is 15.6 Å². The Labute approximate surface area is 109 Å². The number of anilines is 1. The number of hydrogen-bond donors (Lipinski definition) is 2. The lowest BCUT2D eigenvalue weighted by Crippen LogP contribution is -2.04. The van der Waals surface area contributed by atoms with Crippen molar-refractivity contribution in [1.82, 2.24) is 9.55 Å². The third-order valence-electron chi connectivity index (χ3n) is 2.58. The summed E-state index contributed by atoms with van der Waals surface area (Å²) in [6.07, 6.45) is 3.54. The summed E-state index contributed by atoms with van der Waals surface area (Å²) >= 11 is 1.41. The Morgan fingerprint density at radius 3 is 2.78 bits per heavy atom. The van der Waals surface area contributed by atoms with Gasteiger partial charge in [-0.2, -0.15) is 0 Å². The van der Waals surface area contributed by atoms with Gasteiger partial charge in [0.1, 0.15) is 0 Å². The van der Waals surface area contributed by atoms with E-state index in [0.29, 0.717) is 5.69 Å². The fourth-order valence-electron chi connectivity index (χ4n) is 1.56. The van der Waals surface area contributed by atoms with Gasteiger partial charge in [-0.15, -0.1) is 0 Å². The number of imidazole rings is 1. The molecule has 0 fully saturated rings. The molecule has 5 nitrogen and oxygen atoms in total. The molecule has 0 aliphatic heterocycles. The van der Waals surface area contributed by atoms with Crippen LogP contribution >= 0.6 is 11.8 Å². The Bertz CT molecular complexity index is 607. The van der Waals surface area contributed by atoms with Crippen molar-refractivity contribution in [1.29, 1.82) is 0 Å². The summed E-state index contributed by atoms with van der Waals surface area (Å²) in [5, 5.41) is 9.89. The maximum absolute atomic E-state index is 11.1. The predicted octanol–water partition coefficient (Wildman–Crippen LogP) is 2.16. The Kier molecular flexibility index (Phi) is 3.29. The number of rotatable bonds is 3. The summed E-state index contributed by atoms with van der Waals surface area (Å²) in [7, 11) is 1.89. The van der Waals surface area contributed by atoms with Gasteiger partial charge in [0.25, 0.3) is 0 Å². The number of carboxylic acids is 1. The molecular weight excluding hydrogens is 250 g/mol. The predicted molar refractivity (Wildman–Crippen MR) is 69.9 cm³/mol. The first kappa shape index (κ1) is 12.5. The lowest BCUT2D eigenvalue weighted by molar-refractivity contribution is 0.0697. The average molecular weight is 263 g/mol. The van der Waals surface area contributed by atoms with Crippen LogP contribution in [0.4, 0.5) is 5.69 Å². The van der Waals surface area contributed by atoms with Crippen LogP contribution in [0.5, 0.6) is 0 Å². The highest BCUT2D eigenvalue weighted by atomic mass is 32.2. The number of aryl methyl sites for hydroxylation is 2. The second kappa shape index (κ2) is 4.73. The lowest BCUT2D eigenvalue weighted by atomic mass is 10.1. The van der Waals surface area contributed by atoms with Crippen molar-refractivity contribution < 1.29 is 9.90 Å². The summed E-state index contributed by atoms with van der Waals surface area (Å²) < 4.78 is 1.87. The SMILES string of the molecule is Cc1cc(Sc2nccn2C)cc(C(=O)O)c1N. The standard InChI is InChI=1S/C12H13N3O2S/c1-7-5-8(6-9(10(7)13)11(16)17)18-12-14-3-4-15(12)2/h3-6H,13H2,1-2H3,(H,16,17). The van der Waals surface area contributed by atoms with Gasteiger partial charge >= 0.3 is 5.97 Å². The summed E-state index contributed by atoms with van der Waals surface area (Å²) in [6, 6.07) is 3.44. The van der Waals surface area contributed by atoms with Crippen molar-refractivity contribution in [2.75, 3.05) is 5.73 Å². The van der Waals surface area contributed by atoms with Gasteiger partial charge in [0, 0.05) is 30.0 Å². The molecule has 0 amide bonds. The van der Waals surface area contributed by atoms with Crippen LogP contribution in [0, 0.1) is 6.92 Å². The fourth-order valence-corrected chi connectivity index (χ4v) is 2.50. The Balaban J connectivity index is 2.41. The van der Waals surface area contributed by atoms with E-state index in [9.17, 15) is 4.79 Å². The van der Waals surface area contributed by atoms with Crippen LogP contribution in [0.2, 0.25) is 0 Å². The number of benzene rings is 1. The van der Waals surface area contributed by atoms with Gasteiger partial charge in [0.05, 0.1) is 5.56 Å². The molecule has 0 bridgehead atoms. The van der Waals surface area contributed by atoms with Crippen LogP contribution in [0.3, 0.4) is 0 Å². The van der Waals surface area contributed by atoms with Crippen molar-refractivity contribution in [2.45, 2.75) is 17.0 Å². The fraction of sp³-hybridized carbons (Fsp3) is 0.167. The summed E-state index contributed by atoms with van der Waals surface area (Å²) in [5.41, 5.74) is 6.94. The molecule has 0 atom stereocenters. The van der Waals surface area contributed by atoms with E-state index in [1.54, 1.807) is 19.2 Å². The van der Waals surface area contributed by atoms with Crippen molar-refractivity contribution in [2.24, 2.45) is 7.05 Å². The van der Waals surface area contributed by atoms with Crippen LogP contribution in [0.25, 0.3) is 0 Å². The second-order valence-corrected chi connectivity index (χ2v) is 4.97. The van der Waals surface area contributed by atoms with Crippen LogP contribution in [0.1, 0.15) is 15.9 Å². The first-order valence-corrected chi connectivity index (χ1v) is 6.09. The van der Waals surface area contributed by atoms with Gasteiger partial charge in [0.2, 0.25) is 0 Å². The number of nitrogen functional groups attached to an aromatic ring is 1. The summed E-state index contributed by atoms with van der Waals surface area (Å²) in [5.74, 6) is -1.02. The zero-order valence-electron chi connectivity index (χ0n) is 10.0. The van der Waals surface area contributed by atoms with Crippen molar-refractivity contribution in [3.05, 3.63) is 35.7 Å². The molecule has 1 heterocycles. The highest BCUT2D eigenvalue weighted by Gasteiger charge is 2.13. The molecule has 0 aliphatic carbocycles. The quantitative estimate of drug-likeness (QED) is 0.829. The molecule has 6 heteroatoms. The average Bonchev–Trinajstić information content (AvgIpc) is 2.69. The minimum atomic E-state index is -1.02. The molecule has 0 spiro atoms. The molecule has 0 saturated heterocycles. The third kappa shape index (κ3) is 2.33. The zero-order valence-corrected chi connectivity index (χ0v) is 10.9. The van der Waals surface area contributed by atoms with Crippen LogP contribution < -0.4 is 5.73 Å². The van der Waals surface area contributed by atoms with Crippen molar-refractivity contribution in [3.8, 4) is 0 Å². The monoisotopic (exact) mass is 263 g/mol. The molecule has 3 N–H and O–H groups in total. The van der Waals surface area contributed by atoms with Gasteiger partial charge in [-0.3, -0.25) is 0 Å². The maximum Gasteiger partial charge on any atom is 0.337 e. The van der Waals surface area contributed by atoms with E-state index >= 15 is 0 Å². The second-order valence-electron chi connectivity index (χ2n) is 3.93.